The topological polar surface area (TPSA) is 73.6 Å². The Morgan fingerprint density at radius 1 is 1.29 bits per heavy atom. The molecule has 0 radical (unpaired) electrons. The van der Waals surface area contributed by atoms with Gasteiger partial charge in [-0.1, -0.05) is 17.7 Å². The second-order valence-corrected chi connectivity index (χ2v) is 4.69. The molecule has 0 aliphatic rings. The number of amides is 1. The van der Waals surface area contributed by atoms with Crippen molar-refractivity contribution in [1.29, 1.82) is 0 Å². The number of carbonyl (C=O) groups excluding carboxylic acids is 1. The predicted molar refractivity (Wildman–Crippen MR) is 83.0 cm³/mol. The van der Waals surface area contributed by atoms with Gasteiger partial charge in [-0.05, 0) is 30.3 Å². The fourth-order valence-electron chi connectivity index (χ4n) is 1.70. The molecule has 2 aromatic carbocycles. The predicted octanol–water partition coefficient (Wildman–Crippen LogP) is 2.95. The smallest absolute Gasteiger partial charge is 0.262 e. The molecular formula is C15H15ClN2O3. The Morgan fingerprint density at radius 2 is 2.10 bits per heavy atom. The summed E-state index contributed by atoms with van der Waals surface area (Å²) in [7, 11) is 1.51. The number of nitrogens with one attached hydrogen (secondary N) is 1. The molecule has 6 heteroatoms. The number of nitrogen functional groups attached to an aromatic ring is 1. The van der Waals surface area contributed by atoms with E-state index in [1.807, 2.05) is 0 Å². The second kappa shape index (κ2) is 6.85. The molecular weight excluding hydrogens is 292 g/mol. The van der Waals surface area contributed by atoms with E-state index in [0.717, 1.165) is 0 Å². The highest BCUT2D eigenvalue weighted by Crippen LogP contribution is 2.26. The first-order valence-corrected chi connectivity index (χ1v) is 6.58. The summed E-state index contributed by atoms with van der Waals surface area (Å²) in [6, 6.07) is 11.8. The van der Waals surface area contributed by atoms with Gasteiger partial charge < -0.3 is 20.5 Å². The highest BCUT2D eigenvalue weighted by Gasteiger charge is 2.08. The normalized spacial score (nSPS) is 10.0. The number of methoxy groups -OCH3 is 1. The van der Waals surface area contributed by atoms with Crippen LogP contribution in [0.1, 0.15) is 0 Å². The van der Waals surface area contributed by atoms with Gasteiger partial charge in [-0.25, -0.2) is 0 Å². The maximum absolute atomic E-state index is 11.9. The van der Waals surface area contributed by atoms with E-state index in [1.54, 1.807) is 42.5 Å². The third-order valence-electron chi connectivity index (χ3n) is 2.67. The Balaban J connectivity index is 1.96. The summed E-state index contributed by atoms with van der Waals surface area (Å²) in [5.74, 6) is 0.714. The van der Waals surface area contributed by atoms with Gasteiger partial charge >= 0.3 is 0 Å². The van der Waals surface area contributed by atoms with E-state index in [1.165, 1.54) is 7.11 Å². The fraction of sp³-hybridized carbons (Fsp3) is 0.133. The Kier molecular flexibility index (Phi) is 4.90. The standard InChI is InChI=1S/C15H15ClN2O3/c1-20-14-8-11(17)5-6-13(14)18-15(19)9-21-12-4-2-3-10(16)7-12/h2-8H,9,17H2,1H3,(H,18,19). The third-order valence-corrected chi connectivity index (χ3v) is 2.90. The van der Waals surface area contributed by atoms with Gasteiger partial charge in [0, 0.05) is 16.8 Å². The summed E-state index contributed by atoms with van der Waals surface area (Å²) in [5, 5.41) is 3.25. The van der Waals surface area contributed by atoms with Crippen molar-refractivity contribution in [2.75, 3.05) is 24.8 Å². The summed E-state index contributed by atoms with van der Waals surface area (Å²) in [4.78, 5) is 11.9. The van der Waals surface area contributed by atoms with Crippen molar-refractivity contribution < 1.29 is 14.3 Å². The largest absolute Gasteiger partial charge is 0.494 e. The van der Waals surface area contributed by atoms with Crippen LogP contribution in [0.2, 0.25) is 5.02 Å². The van der Waals surface area contributed by atoms with Crippen LogP contribution in [0, 0.1) is 0 Å². The minimum absolute atomic E-state index is 0.131. The minimum Gasteiger partial charge on any atom is -0.494 e. The van der Waals surface area contributed by atoms with Crippen LogP contribution in [0.25, 0.3) is 0 Å². The van der Waals surface area contributed by atoms with Crippen LogP contribution in [0.3, 0.4) is 0 Å². The molecule has 0 aromatic heterocycles. The molecule has 0 unspecified atom stereocenters. The van der Waals surface area contributed by atoms with Gasteiger partial charge in [-0.3, -0.25) is 4.79 Å². The highest BCUT2D eigenvalue weighted by molar-refractivity contribution is 6.30. The highest BCUT2D eigenvalue weighted by atomic mass is 35.5. The molecule has 2 aromatic rings. The SMILES string of the molecule is COc1cc(N)ccc1NC(=O)COc1cccc(Cl)c1. The molecule has 0 aliphatic carbocycles. The molecule has 0 bridgehead atoms. The summed E-state index contributed by atoms with van der Waals surface area (Å²) in [5.41, 5.74) is 6.74. The first kappa shape index (κ1) is 15.0. The maximum atomic E-state index is 11.9. The Hall–Kier alpha value is -2.40. The van der Waals surface area contributed by atoms with Gasteiger partial charge in [0.15, 0.2) is 6.61 Å². The molecule has 0 atom stereocenters. The van der Waals surface area contributed by atoms with Crippen molar-refractivity contribution in [1.82, 2.24) is 0 Å². The van der Waals surface area contributed by atoms with E-state index >= 15 is 0 Å². The molecule has 0 saturated carbocycles. The summed E-state index contributed by atoms with van der Waals surface area (Å²) >= 11 is 5.84. The van der Waals surface area contributed by atoms with E-state index in [9.17, 15) is 4.79 Å². The van der Waals surface area contributed by atoms with Gasteiger partial charge in [0.2, 0.25) is 0 Å². The van der Waals surface area contributed by atoms with Crippen molar-refractivity contribution in [2.24, 2.45) is 0 Å². The van der Waals surface area contributed by atoms with Crippen LogP contribution in [0.4, 0.5) is 11.4 Å². The lowest BCUT2D eigenvalue weighted by atomic mass is 10.2. The first-order chi connectivity index (χ1) is 10.1. The van der Waals surface area contributed by atoms with E-state index in [2.05, 4.69) is 5.32 Å². The quantitative estimate of drug-likeness (QED) is 0.833. The molecule has 1 amide bonds. The minimum atomic E-state index is -0.307. The van der Waals surface area contributed by atoms with Crippen molar-refractivity contribution in [3.63, 3.8) is 0 Å². The fourth-order valence-corrected chi connectivity index (χ4v) is 1.88. The molecule has 3 N–H and O–H groups in total. The summed E-state index contributed by atoms with van der Waals surface area (Å²) < 4.78 is 10.5. The Bertz CT molecular complexity index is 647. The molecule has 21 heavy (non-hydrogen) atoms. The van der Waals surface area contributed by atoms with Crippen LogP contribution in [-0.4, -0.2) is 19.6 Å². The average Bonchev–Trinajstić information content (AvgIpc) is 2.47. The lowest BCUT2D eigenvalue weighted by Crippen LogP contribution is -2.20. The van der Waals surface area contributed by atoms with Gasteiger partial charge in [0.05, 0.1) is 12.8 Å². The zero-order valence-electron chi connectivity index (χ0n) is 11.4. The molecule has 0 spiro atoms. The number of rotatable bonds is 5. The third kappa shape index (κ3) is 4.29. The average molecular weight is 307 g/mol. The number of nitrogens with two attached hydrogens (primary N) is 1. The lowest BCUT2D eigenvalue weighted by Gasteiger charge is -2.11. The number of halogens is 1. The molecule has 0 saturated heterocycles. The van der Waals surface area contributed by atoms with Crippen molar-refractivity contribution in [2.45, 2.75) is 0 Å². The number of hydrogen-bond donors (Lipinski definition) is 2. The van der Waals surface area contributed by atoms with Crippen molar-refractivity contribution in [3.05, 3.63) is 47.5 Å². The van der Waals surface area contributed by atoms with Crippen molar-refractivity contribution >= 4 is 28.9 Å². The van der Waals surface area contributed by atoms with Gasteiger partial charge in [-0.2, -0.15) is 0 Å². The van der Waals surface area contributed by atoms with Crippen LogP contribution in [0.5, 0.6) is 11.5 Å². The monoisotopic (exact) mass is 306 g/mol. The number of ether oxygens (including phenoxy) is 2. The van der Waals surface area contributed by atoms with Crippen LogP contribution in [-0.2, 0) is 4.79 Å². The molecule has 2 rings (SSSR count). The molecule has 0 fully saturated rings. The Labute approximate surface area is 127 Å². The molecule has 0 heterocycles. The lowest BCUT2D eigenvalue weighted by molar-refractivity contribution is -0.118. The number of hydrogen-bond acceptors (Lipinski definition) is 4. The summed E-state index contributed by atoms with van der Waals surface area (Å²) in [6.45, 7) is -0.131. The summed E-state index contributed by atoms with van der Waals surface area (Å²) in [6.07, 6.45) is 0. The van der Waals surface area contributed by atoms with Gasteiger partial charge in [0.25, 0.3) is 5.91 Å². The molecule has 0 aliphatic heterocycles. The number of carbonyl (C=O) groups is 1. The van der Waals surface area contributed by atoms with E-state index in [4.69, 9.17) is 26.8 Å². The zero-order chi connectivity index (χ0) is 15.2. The second-order valence-electron chi connectivity index (χ2n) is 4.25. The van der Waals surface area contributed by atoms with Gasteiger partial charge in [0.1, 0.15) is 11.5 Å². The van der Waals surface area contributed by atoms with Crippen molar-refractivity contribution in [3.8, 4) is 11.5 Å². The maximum Gasteiger partial charge on any atom is 0.262 e. The van der Waals surface area contributed by atoms with E-state index < -0.39 is 0 Å². The van der Waals surface area contributed by atoms with Crippen LogP contribution in [0.15, 0.2) is 42.5 Å². The van der Waals surface area contributed by atoms with Crippen LogP contribution < -0.4 is 20.5 Å². The first-order valence-electron chi connectivity index (χ1n) is 6.20. The van der Waals surface area contributed by atoms with E-state index in [0.29, 0.717) is 27.9 Å². The molecule has 5 nitrogen and oxygen atoms in total. The number of anilines is 2. The Morgan fingerprint density at radius 3 is 2.81 bits per heavy atom. The van der Waals surface area contributed by atoms with Gasteiger partial charge in [-0.15, -0.1) is 0 Å². The number of benzene rings is 2. The van der Waals surface area contributed by atoms with E-state index in [-0.39, 0.29) is 12.5 Å². The molecule has 110 valence electrons. The zero-order valence-corrected chi connectivity index (χ0v) is 12.2. The van der Waals surface area contributed by atoms with Crippen LogP contribution >= 0.6 is 11.6 Å².